The molecule has 1 aromatic heterocycles. The Hall–Kier alpha value is -2.60. The van der Waals surface area contributed by atoms with Gasteiger partial charge in [-0.05, 0) is 43.4 Å². The standard InChI is InChI=1S/C24H31N3O3/c28-22(8-12-24(13-9-23(29)26-24)17-21-7-4-16-30-21)25-20-10-14-27(15-11-20)18-19-5-2-1-3-6-19/h1-7,16,20H,8-15,17-18H2,(H,25,28)(H,26,29). The first-order valence-corrected chi connectivity index (χ1v) is 11.0. The number of nitrogens with zero attached hydrogens (tertiary/aromatic N) is 1. The van der Waals surface area contributed by atoms with Crippen LogP contribution in [0.25, 0.3) is 0 Å². The number of amides is 2. The van der Waals surface area contributed by atoms with Gasteiger partial charge in [0, 0.05) is 50.5 Å². The van der Waals surface area contributed by atoms with Crippen molar-refractivity contribution < 1.29 is 14.0 Å². The molecule has 1 aromatic carbocycles. The molecule has 0 radical (unpaired) electrons. The largest absolute Gasteiger partial charge is 0.469 e. The van der Waals surface area contributed by atoms with Gasteiger partial charge in [-0.2, -0.15) is 0 Å². The number of piperidine rings is 1. The number of likely N-dealkylation sites (tertiary alicyclic amines) is 1. The first kappa shape index (κ1) is 20.7. The van der Waals surface area contributed by atoms with Crippen molar-refractivity contribution >= 4 is 11.8 Å². The lowest BCUT2D eigenvalue weighted by Gasteiger charge is -2.33. The minimum absolute atomic E-state index is 0.0627. The van der Waals surface area contributed by atoms with E-state index in [0.29, 0.717) is 25.7 Å². The van der Waals surface area contributed by atoms with Crippen LogP contribution in [0, 0.1) is 0 Å². The van der Waals surface area contributed by atoms with Gasteiger partial charge in [-0.1, -0.05) is 30.3 Å². The number of carbonyl (C=O) groups excluding carboxylic acids is 2. The van der Waals surface area contributed by atoms with E-state index in [-0.39, 0.29) is 23.4 Å². The second-order valence-corrected chi connectivity index (χ2v) is 8.69. The monoisotopic (exact) mass is 409 g/mol. The average molecular weight is 410 g/mol. The Morgan fingerprint density at radius 2 is 1.97 bits per heavy atom. The molecule has 2 N–H and O–H groups in total. The first-order chi connectivity index (χ1) is 14.6. The van der Waals surface area contributed by atoms with Gasteiger partial charge in [0.2, 0.25) is 11.8 Å². The highest BCUT2D eigenvalue weighted by Crippen LogP contribution is 2.29. The number of furan rings is 1. The SMILES string of the molecule is O=C(CCC1(Cc2ccco2)CCC(=O)N1)NC1CCN(Cc2ccccc2)CC1. The molecule has 2 saturated heterocycles. The fourth-order valence-electron chi connectivity index (χ4n) is 4.66. The average Bonchev–Trinajstić information content (AvgIpc) is 3.39. The van der Waals surface area contributed by atoms with Crippen molar-refractivity contribution in [3.63, 3.8) is 0 Å². The van der Waals surface area contributed by atoms with Crippen LogP contribution in [-0.2, 0) is 22.6 Å². The first-order valence-electron chi connectivity index (χ1n) is 11.0. The molecule has 30 heavy (non-hydrogen) atoms. The van der Waals surface area contributed by atoms with Crippen LogP contribution in [-0.4, -0.2) is 41.4 Å². The van der Waals surface area contributed by atoms with Crippen LogP contribution < -0.4 is 10.6 Å². The lowest BCUT2D eigenvalue weighted by Crippen LogP contribution is -2.46. The summed E-state index contributed by atoms with van der Waals surface area (Å²) < 4.78 is 5.48. The van der Waals surface area contributed by atoms with Gasteiger partial charge >= 0.3 is 0 Å². The molecule has 1 unspecified atom stereocenters. The summed E-state index contributed by atoms with van der Waals surface area (Å²) in [5.41, 5.74) is 0.964. The quantitative estimate of drug-likeness (QED) is 0.703. The number of carbonyl (C=O) groups is 2. The molecule has 6 heteroatoms. The van der Waals surface area contributed by atoms with Crippen molar-refractivity contribution in [2.45, 2.75) is 63.1 Å². The number of hydrogen-bond acceptors (Lipinski definition) is 4. The van der Waals surface area contributed by atoms with Gasteiger partial charge in [0.25, 0.3) is 0 Å². The zero-order valence-electron chi connectivity index (χ0n) is 17.4. The molecule has 3 heterocycles. The molecule has 0 saturated carbocycles. The molecule has 1 atom stereocenters. The van der Waals surface area contributed by atoms with Crippen LogP contribution in [0.15, 0.2) is 53.1 Å². The molecule has 4 rings (SSSR count). The van der Waals surface area contributed by atoms with Crippen LogP contribution in [0.3, 0.4) is 0 Å². The van der Waals surface area contributed by atoms with E-state index in [1.165, 1.54) is 5.56 Å². The smallest absolute Gasteiger partial charge is 0.220 e. The van der Waals surface area contributed by atoms with E-state index in [9.17, 15) is 9.59 Å². The van der Waals surface area contributed by atoms with E-state index in [4.69, 9.17) is 4.42 Å². The van der Waals surface area contributed by atoms with Gasteiger partial charge in [0.15, 0.2) is 0 Å². The molecule has 6 nitrogen and oxygen atoms in total. The van der Waals surface area contributed by atoms with E-state index in [2.05, 4.69) is 39.8 Å². The maximum Gasteiger partial charge on any atom is 0.220 e. The summed E-state index contributed by atoms with van der Waals surface area (Å²) in [5.74, 6) is 0.993. The Morgan fingerprint density at radius 1 is 1.17 bits per heavy atom. The minimum atomic E-state index is -0.370. The summed E-state index contributed by atoms with van der Waals surface area (Å²) in [6.45, 7) is 2.97. The van der Waals surface area contributed by atoms with Gasteiger partial charge in [-0.25, -0.2) is 0 Å². The number of hydrogen-bond donors (Lipinski definition) is 2. The number of benzene rings is 1. The van der Waals surface area contributed by atoms with E-state index < -0.39 is 0 Å². The molecular weight excluding hydrogens is 378 g/mol. The summed E-state index contributed by atoms with van der Waals surface area (Å²) in [7, 11) is 0. The molecule has 2 aliphatic heterocycles. The second-order valence-electron chi connectivity index (χ2n) is 8.69. The highest BCUT2D eigenvalue weighted by molar-refractivity contribution is 5.80. The van der Waals surface area contributed by atoms with Gasteiger partial charge in [0.05, 0.1) is 6.26 Å². The third kappa shape index (κ3) is 5.51. The van der Waals surface area contributed by atoms with Gasteiger partial charge < -0.3 is 15.1 Å². The topological polar surface area (TPSA) is 74.6 Å². The van der Waals surface area contributed by atoms with Crippen LogP contribution in [0.2, 0.25) is 0 Å². The molecule has 160 valence electrons. The van der Waals surface area contributed by atoms with E-state index in [1.807, 2.05) is 18.2 Å². The van der Waals surface area contributed by atoms with Crippen LogP contribution in [0.4, 0.5) is 0 Å². The van der Waals surface area contributed by atoms with Gasteiger partial charge in [0.1, 0.15) is 5.76 Å². The molecular formula is C24H31N3O3. The predicted molar refractivity (Wildman–Crippen MR) is 115 cm³/mol. The van der Waals surface area contributed by atoms with Crippen molar-refractivity contribution in [2.75, 3.05) is 13.1 Å². The zero-order chi connectivity index (χ0) is 20.8. The summed E-state index contributed by atoms with van der Waals surface area (Å²) in [6.07, 6.45) is 6.57. The molecule has 2 aliphatic rings. The zero-order valence-corrected chi connectivity index (χ0v) is 17.4. The molecule has 2 aromatic rings. The van der Waals surface area contributed by atoms with Crippen molar-refractivity contribution in [2.24, 2.45) is 0 Å². The van der Waals surface area contributed by atoms with Crippen LogP contribution >= 0.6 is 0 Å². The molecule has 2 fully saturated rings. The van der Waals surface area contributed by atoms with Gasteiger partial charge in [-0.15, -0.1) is 0 Å². The highest BCUT2D eigenvalue weighted by atomic mass is 16.3. The molecule has 0 bridgehead atoms. The lowest BCUT2D eigenvalue weighted by atomic mass is 9.87. The number of rotatable bonds is 8. The maximum absolute atomic E-state index is 12.6. The van der Waals surface area contributed by atoms with Crippen LogP contribution in [0.1, 0.15) is 49.8 Å². The summed E-state index contributed by atoms with van der Waals surface area (Å²) in [6, 6.07) is 14.5. The van der Waals surface area contributed by atoms with E-state index in [1.54, 1.807) is 6.26 Å². The Balaban J connectivity index is 1.22. The highest BCUT2D eigenvalue weighted by Gasteiger charge is 2.38. The van der Waals surface area contributed by atoms with Crippen LogP contribution in [0.5, 0.6) is 0 Å². The predicted octanol–water partition coefficient (Wildman–Crippen LogP) is 3.03. The van der Waals surface area contributed by atoms with E-state index >= 15 is 0 Å². The second kappa shape index (κ2) is 9.47. The van der Waals surface area contributed by atoms with Crippen molar-refractivity contribution in [3.8, 4) is 0 Å². The summed E-state index contributed by atoms with van der Waals surface area (Å²) in [5, 5.41) is 6.32. The molecule has 0 aliphatic carbocycles. The third-order valence-electron chi connectivity index (χ3n) is 6.36. The summed E-state index contributed by atoms with van der Waals surface area (Å²) in [4.78, 5) is 26.9. The van der Waals surface area contributed by atoms with E-state index in [0.717, 1.165) is 44.7 Å². The Morgan fingerprint density at radius 3 is 2.63 bits per heavy atom. The molecule has 0 spiro atoms. The third-order valence-corrected chi connectivity index (χ3v) is 6.36. The Kier molecular flexibility index (Phi) is 6.53. The van der Waals surface area contributed by atoms with Gasteiger partial charge in [-0.3, -0.25) is 14.5 Å². The molecule has 2 amide bonds. The lowest BCUT2D eigenvalue weighted by molar-refractivity contribution is -0.123. The fourth-order valence-corrected chi connectivity index (χ4v) is 4.66. The normalized spacial score (nSPS) is 22.7. The van der Waals surface area contributed by atoms with Crippen molar-refractivity contribution in [1.82, 2.24) is 15.5 Å². The Labute approximate surface area is 178 Å². The fraction of sp³-hybridized carbons (Fsp3) is 0.500. The Bertz CT molecular complexity index is 829. The minimum Gasteiger partial charge on any atom is -0.469 e. The van der Waals surface area contributed by atoms with Crippen molar-refractivity contribution in [3.05, 3.63) is 60.1 Å². The summed E-state index contributed by atoms with van der Waals surface area (Å²) >= 11 is 0. The maximum atomic E-state index is 12.6. The van der Waals surface area contributed by atoms with Crippen molar-refractivity contribution in [1.29, 1.82) is 0 Å². The number of nitrogens with one attached hydrogen (secondary N) is 2.